The molecule has 2 heterocycles. The van der Waals surface area contributed by atoms with Crippen molar-refractivity contribution in [2.45, 2.75) is 44.3 Å². The van der Waals surface area contributed by atoms with Crippen molar-refractivity contribution in [3.05, 3.63) is 63.9 Å². The molecule has 1 saturated heterocycles. The Balaban J connectivity index is 1.39. The van der Waals surface area contributed by atoms with E-state index in [2.05, 4.69) is 6.07 Å². The van der Waals surface area contributed by atoms with Gasteiger partial charge < -0.3 is 14.7 Å². The zero-order valence-electron chi connectivity index (χ0n) is 15.8. The summed E-state index contributed by atoms with van der Waals surface area (Å²) in [4.78, 5) is 13.8. The number of halogens is 2. The number of aliphatic hydroxyl groups is 1. The van der Waals surface area contributed by atoms with Crippen LogP contribution >= 0.6 is 11.6 Å². The summed E-state index contributed by atoms with van der Waals surface area (Å²) in [5.41, 5.74) is 2.62. The third kappa shape index (κ3) is 4.01. The van der Waals surface area contributed by atoms with Gasteiger partial charge in [0.05, 0.1) is 11.1 Å². The molecular weight excluding hydrogens is 381 g/mol. The van der Waals surface area contributed by atoms with E-state index in [0.717, 1.165) is 28.9 Å². The number of benzene rings is 2. The molecule has 6 heteroatoms. The second kappa shape index (κ2) is 7.37. The van der Waals surface area contributed by atoms with Crippen LogP contribution in [0.1, 0.15) is 30.0 Å². The average Bonchev–Trinajstić information content (AvgIpc) is 2.95. The Morgan fingerprint density at radius 3 is 2.75 bits per heavy atom. The molecule has 2 aliphatic heterocycles. The molecule has 2 aliphatic rings. The van der Waals surface area contributed by atoms with E-state index in [1.54, 1.807) is 11.0 Å². The van der Waals surface area contributed by atoms with Crippen molar-refractivity contribution in [2.75, 3.05) is 13.1 Å². The Labute approximate surface area is 168 Å². The maximum Gasteiger partial charge on any atom is 0.223 e. The van der Waals surface area contributed by atoms with Crippen LogP contribution in [0, 0.1) is 5.82 Å². The van der Waals surface area contributed by atoms with Crippen LogP contribution in [0.3, 0.4) is 0 Å². The quantitative estimate of drug-likeness (QED) is 0.830. The first-order chi connectivity index (χ1) is 13.3. The zero-order valence-corrected chi connectivity index (χ0v) is 16.5. The van der Waals surface area contributed by atoms with E-state index in [1.165, 1.54) is 6.07 Å². The second-order valence-electron chi connectivity index (χ2n) is 8.05. The lowest BCUT2D eigenvalue weighted by molar-refractivity contribution is -0.141. The third-order valence-electron chi connectivity index (χ3n) is 5.45. The fourth-order valence-electron chi connectivity index (χ4n) is 3.98. The number of rotatable bonds is 5. The molecule has 148 valence electrons. The molecule has 2 aromatic carbocycles. The predicted octanol–water partition coefficient (Wildman–Crippen LogP) is 3.55. The number of amides is 1. The van der Waals surface area contributed by atoms with Gasteiger partial charge in [0.2, 0.25) is 5.91 Å². The lowest BCUT2D eigenvalue weighted by Crippen LogP contribution is -2.53. The highest BCUT2D eigenvalue weighted by Gasteiger charge is 2.35. The molecule has 1 amide bonds. The summed E-state index contributed by atoms with van der Waals surface area (Å²) < 4.78 is 19.9. The van der Waals surface area contributed by atoms with Gasteiger partial charge in [0.1, 0.15) is 17.2 Å². The number of hydrogen-bond acceptors (Lipinski definition) is 3. The summed E-state index contributed by atoms with van der Waals surface area (Å²) in [6.07, 6.45) is 2.05. The second-order valence-corrected chi connectivity index (χ2v) is 8.46. The molecule has 0 radical (unpaired) electrons. The summed E-state index contributed by atoms with van der Waals surface area (Å²) in [5.74, 6) is 0.509. The number of nitrogens with zero attached hydrogens (tertiary/aromatic N) is 1. The van der Waals surface area contributed by atoms with Crippen LogP contribution in [0.15, 0.2) is 36.4 Å². The molecule has 0 aromatic heterocycles. The van der Waals surface area contributed by atoms with Crippen LogP contribution in [-0.4, -0.2) is 40.7 Å². The molecule has 0 unspecified atom stereocenters. The van der Waals surface area contributed by atoms with E-state index in [4.69, 9.17) is 16.3 Å². The molecule has 1 N–H and O–H groups in total. The number of hydrogen-bond donors (Lipinski definition) is 1. The van der Waals surface area contributed by atoms with Gasteiger partial charge in [-0.25, -0.2) is 4.39 Å². The van der Waals surface area contributed by atoms with Gasteiger partial charge in [0.15, 0.2) is 0 Å². The number of ether oxygens (including phenoxy) is 1. The van der Waals surface area contributed by atoms with Crippen molar-refractivity contribution >= 4 is 17.5 Å². The van der Waals surface area contributed by atoms with E-state index in [9.17, 15) is 14.3 Å². The van der Waals surface area contributed by atoms with Crippen molar-refractivity contribution in [3.63, 3.8) is 0 Å². The molecule has 0 bridgehead atoms. The number of aliphatic hydroxyl groups excluding tert-OH is 1. The topological polar surface area (TPSA) is 49.8 Å². The molecule has 0 aliphatic carbocycles. The number of likely N-dealkylation sites (tertiary alicyclic amines) is 1. The standard InChI is InChI=1S/C22H23ClFNO3/c1-22(10-15-2-5-18(23)19(24)9-15)11-16-8-14(3-6-20(16)28-22)4-7-21(27)25-12-17(26)13-25/h2-3,5-6,8-9,17,26H,4,7,10-13H2,1H3/t22-/m0/s1. The first-order valence-corrected chi connectivity index (χ1v) is 9.90. The van der Waals surface area contributed by atoms with Gasteiger partial charge in [-0.05, 0) is 48.2 Å². The molecule has 0 spiro atoms. The van der Waals surface area contributed by atoms with Crippen LogP contribution in [0.25, 0.3) is 0 Å². The van der Waals surface area contributed by atoms with Gasteiger partial charge in [-0.3, -0.25) is 4.79 Å². The van der Waals surface area contributed by atoms with E-state index >= 15 is 0 Å². The highest BCUT2D eigenvalue weighted by molar-refractivity contribution is 6.30. The minimum absolute atomic E-state index is 0.0802. The van der Waals surface area contributed by atoms with Crippen molar-refractivity contribution in [1.29, 1.82) is 0 Å². The van der Waals surface area contributed by atoms with E-state index < -0.39 is 11.4 Å². The average molecular weight is 404 g/mol. The molecule has 1 atom stereocenters. The first-order valence-electron chi connectivity index (χ1n) is 9.52. The van der Waals surface area contributed by atoms with E-state index in [1.807, 2.05) is 25.1 Å². The highest BCUT2D eigenvalue weighted by atomic mass is 35.5. The third-order valence-corrected chi connectivity index (χ3v) is 5.76. The molecule has 28 heavy (non-hydrogen) atoms. The maximum atomic E-state index is 13.7. The number of aryl methyl sites for hydroxylation is 1. The SMILES string of the molecule is C[C@]1(Cc2ccc(Cl)c(F)c2)Cc2cc(CCC(=O)N3CC(O)C3)ccc2O1. The van der Waals surface area contributed by atoms with Crippen LogP contribution in [0.4, 0.5) is 4.39 Å². The fourth-order valence-corrected chi connectivity index (χ4v) is 4.10. The molecule has 4 rings (SSSR count). The Morgan fingerprint density at radius 1 is 1.29 bits per heavy atom. The minimum Gasteiger partial charge on any atom is -0.487 e. The fraction of sp³-hybridized carbons (Fsp3) is 0.409. The monoisotopic (exact) mass is 403 g/mol. The number of carbonyl (C=O) groups is 1. The number of fused-ring (bicyclic) bond motifs is 1. The molecule has 0 saturated carbocycles. The lowest BCUT2D eigenvalue weighted by Gasteiger charge is -2.35. The normalized spacial score (nSPS) is 21.2. The maximum absolute atomic E-state index is 13.7. The van der Waals surface area contributed by atoms with Gasteiger partial charge in [0, 0.05) is 32.4 Å². The molecular formula is C22H23ClFNO3. The summed E-state index contributed by atoms with van der Waals surface area (Å²) in [6.45, 7) is 2.92. The van der Waals surface area contributed by atoms with Crippen LogP contribution in [0.5, 0.6) is 5.75 Å². The van der Waals surface area contributed by atoms with Crippen molar-refractivity contribution in [1.82, 2.24) is 4.90 Å². The van der Waals surface area contributed by atoms with Crippen molar-refractivity contribution in [2.24, 2.45) is 0 Å². The molecule has 4 nitrogen and oxygen atoms in total. The summed E-state index contributed by atoms with van der Waals surface area (Å²) >= 11 is 5.77. The van der Waals surface area contributed by atoms with Gasteiger partial charge >= 0.3 is 0 Å². The van der Waals surface area contributed by atoms with Gasteiger partial charge in [-0.2, -0.15) is 0 Å². The largest absolute Gasteiger partial charge is 0.487 e. The molecule has 1 fully saturated rings. The summed E-state index contributed by atoms with van der Waals surface area (Å²) in [7, 11) is 0. The van der Waals surface area contributed by atoms with Crippen LogP contribution in [0.2, 0.25) is 5.02 Å². The van der Waals surface area contributed by atoms with Gasteiger partial charge in [-0.1, -0.05) is 29.8 Å². The lowest BCUT2D eigenvalue weighted by atomic mass is 9.91. The zero-order chi connectivity index (χ0) is 19.9. The first kappa shape index (κ1) is 19.2. The van der Waals surface area contributed by atoms with E-state index in [-0.39, 0.29) is 17.0 Å². The smallest absolute Gasteiger partial charge is 0.223 e. The van der Waals surface area contributed by atoms with Crippen molar-refractivity contribution < 1.29 is 19.0 Å². The Hall–Kier alpha value is -2.11. The number of β-amino-alcohol motifs (C(OH)–C–C–N with tert-alkyl or cyclic N) is 1. The van der Waals surface area contributed by atoms with Gasteiger partial charge in [0.25, 0.3) is 0 Å². The summed E-state index contributed by atoms with van der Waals surface area (Å²) in [6, 6.07) is 10.9. The minimum atomic E-state index is -0.440. The number of carbonyl (C=O) groups excluding carboxylic acids is 1. The Kier molecular flexibility index (Phi) is 5.06. The molecule has 2 aromatic rings. The summed E-state index contributed by atoms with van der Waals surface area (Å²) in [5, 5.41) is 9.43. The van der Waals surface area contributed by atoms with Crippen molar-refractivity contribution in [3.8, 4) is 5.75 Å². The van der Waals surface area contributed by atoms with Crippen LogP contribution < -0.4 is 4.74 Å². The van der Waals surface area contributed by atoms with Crippen LogP contribution in [-0.2, 0) is 24.1 Å². The van der Waals surface area contributed by atoms with Gasteiger partial charge in [-0.15, -0.1) is 0 Å². The Bertz CT molecular complexity index is 913. The van der Waals surface area contributed by atoms with E-state index in [0.29, 0.717) is 32.4 Å². The predicted molar refractivity (Wildman–Crippen MR) is 105 cm³/mol. The highest BCUT2D eigenvalue weighted by Crippen LogP contribution is 2.38. The Morgan fingerprint density at radius 2 is 2.04 bits per heavy atom.